The van der Waals surface area contributed by atoms with Crippen LogP contribution >= 0.6 is 0 Å². The summed E-state index contributed by atoms with van der Waals surface area (Å²) in [4.78, 5) is 4.01. The lowest BCUT2D eigenvalue weighted by molar-refractivity contribution is 0.146. The number of methoxy groups -OCH3 is 1. The van der Waals surface area contributed by atoms with Gasteiger partial charge in [0.25, 0.3) is 0 Å². The van der Waals surface area contributed by atoms with E-state index < -0.39 is 12.5 Å². The predicted molar refractivity (Wildman–Crippen MR) is 129 cm³/mol. The molecule has 0 bridgehead atoms. The number of nitrogens with two attached hydrogens (primary N) is 2. The number of aromatic amines is 1. The van der Waals surface area contributed by atoms with E-state index in [0.717, 1.165) is 22.5 Å². The molecule has 0 spiro atoms. The second kappa shape index (κ2) is 9.25. The smallest absolute Gasteiger partial charge is 0.158 e. The zero-order valence-electron chi connectivity index (χ0n) is 19.4. The van der Waals surface area contributed by atoms with Gasteiger partial charge in [0.05, 0.1) is 18.3 Å². The molecule has 0 amide bonds. The van der Waals surface area contributed by atoms with Gasteiger partial charge in [0.2, 0.25) is 0 Å². The van der Waals surface area contributed by atoms with Crippen molar-refractivity contribution in [1.82, 2.24) is 10.2 Å². The number of H-pyrrole nitrogens is 1. The number of fused-ring (bicyclic) bond motifs is 1. The van der Waals surface area contributed by atoms with E-state index in [1.807, 2.05) is 36.1 Å². The molecule has 2 unspecified atom stereocenters. The molecule has 1 saturated carbocycles. The van der Waals surface area contributed by atoms with Crippen LogP contribution in [-0.4, -0.2) is 36.8 Å². The summed E-state index contributed by atoms with van der Waals surface area (Å²) in [5.74, 6) is 1.67. The first kappa shape index (κ1) is 22.6. The number of rotatable bonds is 8. The van der Waals surface area contributed by atoms with Crippen LogP contribution in [-0.2, 0) is 4.74 Å². The van der Waals surface area contributed by atoms with Crippen molar-refractivity contribution in [3.05, 3.63) is 71.2 Å². The Bertz CT molecular complexity index is 1130. The number of hydrogen-bond donors (Lipinski definition) is 3. The summed E-state index contributed by atoms with van der Waals surface area (Å²) in [7, 11) is 1.64. The lowest BCUT2D eigenvalue weighted by Gasteiger charge is -2.49. The van der Waals surface area contributed by atoms with Gasteiger partial charge >= 0.3 is 0 Å². The average molecular weight is 467 g/mol. The van der Waals surface area contributed by atoms with Crippen LogP contribution in [0.4, 0.5) is 15.9 Å². The Morgan fingerprint density at radius 3 is 2.59 bits per heavy atom. The molecule has 0 saturated heterocycles. The SMILES string of the molecule is COCCOc1ccc2c(c1)N([C@@H](C)c1ccc(F)cc1)C(N)N(c1cc(C3CC3)[nH]n1)C2N. The number of anilines is 2. The summed E-state index contributed by atoms with van der Waals surface area (Å²) in [6.07, 6.45) is 1.24. The van der Waals surface area contributed by atoms with Gasteiger partial charge in [0.1, 0.15) is 24.3 Å². The van der Waals surface area contributed by atoms with Gasteiger partial charge in [-0.2, -0.15) is 5.10 Å². The van der Waals surface area contributed by atoms with Gasteiger partial charge in [-0.1, -0.05) is 12.1 Å². The van der Waals surface area contributed by atoms with Crippen LogP contribution in [0.5, 0.6) is 5.75 Å². The molecule has 9 heteroatoms. The molecular weight excluding hydrogens is 435 g/mol. The summed E-state index contributed by atoms with van der Waals surface area (Å²) in [5, 5.41) is 7.70. The maximum atomic E-state index is 13.6. The van der Waals surface area contributed by atoms with Crippen molar-refractivity contribution in [2.24, 2.45) is 11.5 Å². The highest BCUT2D eigenvalue weighted by Crippen LogP contribution is 2.45. The van der Waals surface area contributed by atoms with Gasteiger partial charge in [-0.15, -0.1) is 0 Å². The Kier molecular flexibility index (Phi) is 6.16. The molecule has 180 valence electrons. The molecule has 34 heavy (non-hydrogen) atoms. The number of nitrogens with zero attached hydrogens (tertiary/aromatic N) is 3. The summed E-state index contributed by atoms with van der Waals surface area (Å²) in [6.45, 7) is 2.97. The molecule has 2 heterocycles. The maximum absolute atomic E-state index is 13.6. The summed E-state index contributed by atoms with van der Waals surface area (Å²) in [5.41, 5.74) is 17.5. The van der Waals surface area contributed by atoms with Crippen LogP contribution < -0.4 is 26.0 Å². The number of ether oxygens (including phenoxy) is 2. The van der Waals surface area contributed by atoms with Crippen molar-refractivity contribution in [3.63, 3.8) is 0 Å². The van der Waals surface area contributed by atoms with Crippen LogP contribution in [0.1, 0.15) is 54.7 Å². The fourth-order valence-electron chi connectivity index (χ4n) is 4.60. The van der Waals surface area contributed by atoms with E-state index in [-0.39, 0.29) is 11.9 Å². The number of benzene rings is 2. The standard InChI is InChI=1S/C25H31FN6O2/c1-15(16-5-7-18(26)8-6-16)31-22-13-19(34-12-11-33-2)9-10-20(22)24(27)32(25(31)28)23-14-21(29-30-23)17-3-4-17/h5-10,13-15,17,24-25H,3-4,11-12,27-28H2,1-2H3,(H,29,30)/t15-,24?,25?/m0/s1. The molecule has 1 aliphatic heterocycles. The third kappa shape index (κ3) is 4.22. The van der Waals surface area contributed by atoms with Crippen LogP contribution in [0.25, 0.3) is 0 Å². The highest BCUT2D eigenvalue weighted by Gasteiger charge is 2.40. The maximum Gasteiger partial charge on any atom is 0.158 e. The van der Waals surface area contributed by atoms with Gasteiger partial charge in [-0.3, -0.25) is 10.8 Å². The van der Waals surface area contributed by atoms with Gasteiger partial charge in [-0.25, -0.2) is 4.39 Å². The topological polar surface area (TPSA) is 106 Å². The first-order valence-electron chi connectivity index (χ1n) is 11.6. The van der Waals surface area contributed by atoms with Crippen molar-refractivity contribution in [2.45, 2.75) is 44.2 Å². The van der Waals surface area contributed by atoms with E-state index in [4.69, 9.17) is 20.9 Å². The molecule has 1 aromatic heterocycles. The molecule has 3 aromatic rings. The lowest BCUT2D eigenvalue weighted by Crippen LogP contribution is -2.61. The Morgan fingerprint density at radius 2 is 1.88 bits per heavy atom. The minimum absolute atomic E-state index is 0.166. The van der Waals surface area contributed by atoms with Crippen molar-refractivity contribution in [2.75, 3.05) is 30.1 Å². The van der Waals surface area contributed by atoms with Crippen LogP contribution in [0.3, 0.4) is 0 Å². The molecule has 8 nitrogen and oxygen atoms in total. The Balaban J connectivity index is 1.55. The summed E-state index contributed by atoms with van der Waals surface area (Å²) in [6, 6.07) is 14.2. The van der Waals surface area contributed by atoms with E-state index in [0.29, 0.717) is 30.7 Å². The van der Waals surface area contributed by atoms with E-state index in [1.54, 1.807) is 19.2 Å². The Morgan fingerprint density at radius 1 is 1.12 bits per heavy atom. The number of hydrogen-bond acceptors (Lipinski definition) is 7. The molecule has 3 atom stereocenters. The number of nitrogens with one attached hydrogen (secondary N) is 1. The fourth-order valence-corrected chi connectivity index (χ4v) is 4.60. The van der Waals surface area contributed by atoms with Crippen LogP contribution in [0, 0.1) is 5.82 Å². The third-order valence-corrected chi connectivity index (χ3v) is 6.66. The zero-order chi connectivity index (χ0) is 23.8. The summed E-state index contributed by atoms with van der Waals surface area (Å²) < 4.78 is 24.6. The first-order chi connectivity index (χ1) is 16.5. The van der Waals surface area contributed by atoms with E-state index in [2.05, 4.69) is 15.1 Å². The average Bonchev–Trinajstić information content (AvgIpc) is 3.57. The summed E-state index contributed by atoms with van der Waals surface area (Å²) >= 11 is 0. The lowest BCUT2D eigenvalue weighted by atomic mass is 9.99. The minimum atomic E-state index is -0.605. The second-order valence-corrected chi connectivity index (χ2v) is 8.92. The molecule has 2 aromatic carbocycles. The minimum Gasteiger partial charge on any atom is -0.491 e. The molecule has 1 aliphatic carbocycles. The molecular formula is C25H31FN6O2. The molecule has 0 radical (unpaired) electrons. The van der Waals surface area contributed by atoms with Gasteiger partial charge in [0, 0.05) is 36.4 Å². The zero-order valence-corrected chi connectivity index (χ0v) is 19.4. The monoisotopic (exact) mass is 466 g/mol. The second-order valence-electron chi connectivity index (χ2n) is 8.92. The largest absolute Gasteiger partial charge is 0.491 e. The molecule has 5 N–H and O–H groups in total. The van der Waals surface area contributed by atoms with Crippen molar-refractivity contribution < 1.29 is 13.9 Å². The predicted octanol–water partition coefficient (Wildman–Crippen LogP) is 3.74. The third-order valence-electron chi connectivity index (χ3n) is 6.66. The van der Waals surface area contributed by atoms with Gasteiger partial charge in [0.15, 0.2) is 12.1 Å². The fraction of sp³-hybridized carbons (Fsp3) is 0.400. The molecule has 2 aliphatic rings. The van der Waals surface area contributed by atoms with Crippen LogP contribution in [0.15, 0.2) is 48.5 Å². The van der Waals surface area contributed by atoms with Crippen molar-refractivity contribution in [1.29, 1.82) is 0 Å². The van der Waals surface area contributed by atoms with Crippen molar-refractivity contribution in [3.8, 4) is 5.75 Å². The highest BCUT2D eigenvalue weighted by molar-refractivity contribution is 5.66. The van der Waals surface area contributed by atoms with E-state index in [1.165, 1.54) is 25.0 Å². The molecule has 5 rings (SSSR count). The van der Waals surface area contributed by atoms with Gasteiger partial charge in [-0.05, 0) is 49.6 Å². The Hall–Kier alpha value is -3.14. The molecule has 1 fully saturated rings. The normalized spacial score (nSPS) is 20.9. The van der Waals surface area contributed by atoms with E-state index in [9.17, 15) is 4.39 Å². The van der Waals surface area contributed by atoms with E-state index >= 15 is 0 Å². The number of halogens is 1. The quantitative estimate of drug-likeness (QED) is 0.434. The van der Waals surface area contributed by atoms with Crippen molar-refractivity contribution >= 4 is 11.5 Å². The van der Waals surface area contributed by atoms with Gasteiger partial charge < -0.3 is 25.0 Å². The van der Waals surface area contributed by atoms with Crippen LogP contribution in [0.2, 0.25) is 0 Å². The first-order valence-corrected chi connectivity index (χ1v) is 11.6. The number of aromatic nitrogens is 2. The Labute approximate surface area is 198 Å². The highest BCUT2D eigenvalue weighted by atomic mass is 19.1.